The lowest BCUT2D eigenvalue weighted by molar-refractivity contribution is -0.140. The number of benzene rings is 1. The summed E-state index contributed by atoms with van der Waals surface area (Å²) in [7, 11) is 6.15. The molecule has 5 rings (SSSR count). The van der Waals surface area contributed by atoms with Gasteiger partial charge < -0.3 is 15.2 Å². The van der Waals surface area contributed by atoms with Crippen molar-refractivity contribution in [2.45, 2.75) is 48.8 Å². The van der Waals surface area contributed by atoms with E-state index in [-0.39, 0.29) is 12.2 Å². The van der Waals surface area contributed by atoms with E-state index in [1.54, 1.807) is 6.07 Å². The molecule has 2 atom stereocenters. The van der Waals surface area contributed by atoms with Gasteiger partial charge in [0.05, 0.1) is 5.03 Å². The maximum absolute atomic E-state index is 12.8. The van der Waals surface area contributed by atoms with Crippen molar-refractivity contribution >= 4 is 37.3 Å². The van der Waals surface area contributed by atoms with Gasteiger partial charge in [0, 0.05) is 34.1 Å². The highest BCUT2D eigenvalue weighted by Crippen LogP contribution is 2.48. The highest BCUT2D eigenvalue weighted by molar-refractivity contribution is 7.99. The number of fused-ring (bicyclic) bond motifs is 2. The number of carboxylic acid groups (broad SMARTS) is 1. The van der Waals surface area contributed by atoms with Crippen molar-refractivity contribution in [3.63, 3.8) is 0 Å². The zero-order chi connectivity index (χ0) is 21.0. The van der Waals surface area contributed by atoms with Gasteiger partial charge in [-0.25, -0.2) is 4.79 Å². The van der Waals surface area contributed by atoms with Crippen molar-refractivity contribution < 1.29 is 14.6 Å². The van der Waals surface area contributed by atoms with Crippen molar-refractivity contribution in [1.82, 2.24) is 4.57 Å². The van der Waals surface area contributed by atoms with Crippen LogP contribution in [0.3, 0.4) is 0 Å². The Hall–Kier alpha value is -2.61. The summed E-state index contributed by atoms with van der Waals surface area (Å²) in [6.07, 6.45) is 5.95. The first kappa shape index (κ1) is 19.4. The zero-order valence-corrected chi connectivity index (χ0v) is 17.4. The summed E-state index contributed by atoms with van der Waals surface area (Å²) in [5.74, 6) is 0.505. The number of hydrogen-bond acceptors (Lipinski definition) is 5. The number of aliphatic carboxylic acids is 1. The second-order valence-electron chi connectivity index (χ2n) is 8.28. The lowest BCUT2D eigenvalue weighted by atomic mass is 9.77. The number of anilines is 1. The van der Waals surface area contributed by atoms with Gasteiger partial charge in [0.1, 0.15) is 26.2 Å². The van der Waals surface area contributed by atoms with E-state index in [1.165, 1.54) is 16.3 Å². The van der Waals surface area contributed by atoms with E-state index in [0.717, 1.165) is 40.2 Å². The summed E-state index contributed by atoms with van der Waals surface area (Å²) < 4.78 is 7.61. The number of carboxylic acids is 1. The molecule has 2 aliphatic heterocycles. The van der Waals surface area contributed by atoms with Crippen LogP contribution in [0.15, 0.2) is 40.2 Å². The number of aromatic nitrogens is 1. The average molecular weight is 420 g/mol. The van der Waals surface area contributed by atoms with Gasteiger partial charge in [0.2, 0.25) is 0 Å². The summed E-state index contributed by atoms with van der Waals surface area (Å²) in [6.45, 7) is 2.15. The molecule has 0 amide bonds. The molecule has 3 aliphatic rings. The fourth-order valence-electron chi connectivity index (χ4n) is 4.14. The Morgan fingerprint density at radius 2 is 2.23 bits per heavy atom. The first-order valence-corrected chi connectivity index (χ1v) is 11.0. The molecule has 1 aromatic carbocycles. The third-order valence-electron chi connectivity index (χ3n) is 5.74. The molecule has 8 heteroatoms. The predicted molar refractivity (Wildman–Crippen MR) is 118 cm³/mol. The molecule has 1 aliphatic carbocycles. The molecule has 2 unspecified atom stereocenters. The molecule has 1 saturated carbocycles. The van der Waals surface area contributed by atoms with Crippen LogP contribution in [0.5, 0.6) is 5.75 Å². The maximum Gasteiger partial charge on any atom is 0.327 e. The van der Waals surface area contributed by atoms with Gasteiger partial charge in [-0.05, 0) is 43.4 Å². The van der Waals surface area contributed by atoms with Gasteiger partial charge in [-0.3, -0.25) is 9.36 Å². The van der Waals surface area contributed by atoms with Crippen molar-refractivity contribution in [2.75, 3.05) is 11.1 Å². The Kier molecular flexibility index (Phi) is 4.50. The molecule has 152 valence electrons. The van der Waals surface area contributed by atoms with Gasteiger partial charge >= 0.3 is 5.97 Å². The minimum Gasteiger partial charge on any atom is -0.488 e. The molecule has 0 saturated heterocycles. The summed E-state index contributed by atoms with van der Waals surface area (Å²) in [4.78, 5) is 24.3. The molecule has 1 fully saturated rings. The summed E-state index contributed by atoms with van der Waals surface area (Å²) in [5.41, 5.74) is 2.86. The van der Waals surface area contributed by atoms with Gasteiger partial charge in [-0.2, -0.15) is 0 Å². The van der Waals surface area contributed by atoms with Crippen LogP contribution in [0.4, 0.5) is 5.69 Å². The second kappa shape index (κ2) is 6.98. The molecule has 2 aromatic rings. The standard InChI is InChI=1S/C22H21BN2O4S/c1-22(23)8-7-14-15(24-22)3-2-4-17(14)29-10-13-9-18(26)25-16(21(27)28)11-30-20(25)19(13)12-5-6-12/h2-4,7-9,12,16,24H,5-6,10-11H2,1H3,(H,27,28). The topological polar surface area (TPSA) is 80.6 Å². The van der Waals surface area contributed by atoms with Crippen LogP contribution >= 0.6 is 11.8 Å². The minimum atomic E-state index is -0.962. The van der Waals surface area contributed by atoms with Crippen molar-refractivity contribution in [1.29, 1.82) is 0 Å². The lowest BCUT2D eigenvalue weighted by Crippen LogP contribution is -2.34. The Balaban J connectivity index is 1.48. The molecule has 3 heterocycles. The van der Waals surface area contributed by atoms with Crippen molar-refractivity contribution in [3.8, 4) is 5.75 Å². The summed E-state index contributed by atoms with van der Waals surface area (Å²) in [6, 6.07) is 6.52. The van der Waals surface area contributed by atoms with E-state index < -0.39 is 17.4 Å². The highest BCUT2D eigenvalue weighted by Gasteiger charge is 2.37. The van der Waals surface area contributed by atoms with Crippen LogP contribution in [0, 0.1) is 0 Å². The summed E-state index contributed by atoms with van der Waals surface area (Å²) >= 11 is 1.46. The number of rotatable bonds is 5. The van der Waals surface area contributed by atoms with E-state index in [0.29, 0.717) is 17.4 Å². The summed E-state index contributed by atoms with van der Waals surface area (Å²) in [5, 5.41) is 13.6. The number of carbonyl (C=O) groups is 1. The van der Waals surface area contributed by atoms with Gasteiger partial charge in [0.25, 0.3) is 5.56 Å². The number of thioether (sulfide) groups is 1. The molecule has 1 aromatic heterocycles. The van der Waals surface area contributed by atoms with E-state index in [4.69, 9.17) is 12.6 Å². The third kappa shape index (κ3) is 3.33. The molecule has 2 radical (unpaired) electrons. The maximum atomic E-state index is 12.8. The van der Waals surface area contributed by atoms with Gasteiger partial charge in [-0.1, -0.05) is 18.2 Å². The number of pyridine rings is 1. The molecule has 30 heavy (non-hydrogen) atoms. The van der Waals surface area contributed by atoms with Crippen LogP contribution in [0.2, 0.25) is 0 Å². The third-order valence-corrected chi connectivity index (χ3v) is 6.91. The molecule has 2 N–H and O–H groups in total. The number of nitrogens with one attached hydrogen (secondary N) is 1. The number of nitrogens with zero attached hydrogens (tertiary/aromatic N) is 1. The van der Waals surface area contributed by atoms with Crippen LogP contribution < -0.4 is 15.6 Å². The smallest absolute Gasteiger partial charge is 0.327 e. The quantitative estimate of drug-likeness (QED) is 0.723. The van der Waals surface area contributed by atoms with Gasteiger partial charge in [-0.15, -0.1) is 11.8 Å². The fraction of sp³-hybridized carbons (Fsp3) is 0.364. The van der Waals surface area contributed by atoms with Crippen LogP contribution in [0.25, 0.3) is 6.08 Å². The predicted octanol–water partition coefficient (Wildman–Crippen LogP) is 3.36. The van der Waals surface area contributed by atoms with Crippen molar-refractivity contribution in [3.05, 3.63) is 57.4 Å². The van der Waals surface area contributed by atoms with Crippen molar-refractivity contribution in [2.24, 2.45) is 0 Å². The normalized spacial score (nSPS) is 24.1. The van der Waals surface area contributed by atoms with Crippen LogP contribution in [0.1, 0.15) is 48.4 Å². The second-order valence-corrected chi connectivity index (χ2v) is 9.29. The Morgan fingerprint density at radius 1 is 1.43 bits per heavy atom. The number of ether oxygens (including phenoxy) is 1. The Bertz CT molecular complexity index is 1140. The van der Waals surface area contributed by atoms with Gasteiger partial charge in [0.15, 0.2) is 0 Å². The fourth-order valence-corrected chi connectivity index (χ4v) is 5.56. The monoisotopic (exact) mass is 420 g/mol. The largest absolute Gasteiger partial charge is 0.488 e. The SMILES string of the molecule is [B]C1(C)C=Cc2c(cccc2OCc2cc(=O)n3c(c2C2CC2)SCC3C(=O)O)N1. The van der Waals surface area contributed by atoms with Crippen LogP contribution in [-0.2, 0) is 11.4 Å². The molecule has 0 spiro atoms. The molecular formula is C22H21BN2O4S. The molecular weight excluding hydrogens is 399 g/mol. The Labute approximate surface area is 179 Å². The first-order valence-electron chi connectivity index (χ1n) is 10.00. The zero-order valence-electron chi connectivity index (χ0n) is 16.6. The molecule has 0 bridgehead atoms. The minimum absolute atomic E-state index is 0.261. The highest BCUT2D eigenvalue weighted by atomic mass is 32.2. The Morgan fingerprint density at radius 3 is 2.97 bits per heavy atom. The van der Waals surface area contributed by atoms with E-state index in [9.17, 15) is 14.7 Å². The number of hydrogen-bond donors (Lipinski definition) is 2. The van der Waals surface area contributed by atoms with E-state index in [1.807, 2.05) is 37.3 Å². The average Bonchev–Trinajstić information content (AvgIpc) is 3.41. The lowest BCUT2D eigenvalue weighted by Gasteiger charge is -2.30. The molecule has 6 nitrogen and oxygen atoms in total. The van der Waals surface area contributed by atoms with E-state index >= 15 is 0 Å². The first-order chi connectivity index (χ1) is 14.3. The van der Waals surface area contributed by atoms with Crippen LogP contribution in [-0.4, -0.2) is 34.7 Å². The van der Waals surface area contributed by atoms with E-state index in [2.05, 4.69) is 5.32 Å².